The van der Waals surface area contributed by atoms with Crippen LogP contribution in [0.15, 0.2) is 85.1 Å². The molecule has 0 spiro atoms. The summed E-state index contributed by atoms with van der Waals surface area (Å²) in [6.45, 7) is 3.99. The van der Waals surface area contributed by atoms with Gasteiger partial charge in [0.2, 0.25) is 0 Å². The standard InChI is InChI=1S/C48H82NO10P/c1-6-8-10-12-14-15-16-17-18-19-20-21-22-23-24-26-32-38-48(53)59-46(43-58-60(54,55)57-41-40-49(3,4)5)42-56-47(52)39-33-37-45(51)36-31-28-27-30-35-44(50)34-29-25-13-11-9-7-2/h17-18,20-21,23-25,27-31,35-36,44-46,50-51H,6-16,19,22,26,32-34,37-43H2,1-5H3/p+1/b18-17-,21-20-,24-23-,28-27+,29-25-,35-30+,36-31-/t44-,45-,46-/m1/s1. The van der Waals surface area contributed by atoms with Crippen LogP contribution in [0.1, 0.15) is 142 Å². The van der Waals surface area contributed by atoms with Gasteiger partial charge in [-0.3, -0.25) is 18.6 Å². The van der Waals surface area contributed by atoms with Gasteiger partial charge in [-0.05, 0) is 70.6 Å². The highest BCUT2D eigenvalue weighted by Gasteiger charge is 2.27. The first-order valence-electron chi connectivity index (χ1n) is 22.5. The van der Waals surface area contributed by atoms with Crippen LogP contribution in [0.4, 0.5) is 0 Å². The molecule has 3 N–H and O–H groups in total. The number of ether oxygens (including phenoxy) is 2. The molecule has 0 aliphatic rings. The second-order valence-corrected chi connectivity index (χ2v) is 17.6. The number of likely N-dealkylation sites (N-methyl/N-ethyl adjacent to an activating group) is 1. The molecule has 0 heterocycles. The predicted molar refractivity (Wildman–Crippen MR) is 245 cm³/mol. The topological polar surface area (TPSA) is 149 Å². The molecule has 0 aliphatic carbocycles. The van der Waals surface area contributed by atoms with Crippen LogP contribution in [0.25, 0.3) is 0 Å². The van der Waals surface area contributed by atoms with Gasteiger partial charge in [-0.25, -0.2) is 4.57 Å². The summed E-state index contributed by atoms with van der Waals surface area (Å²) in [5.41, 5.74) is 0. The Labute approximate surface area is 364 Å². The summed E-state index contributed by atoms with van der Waals surface area (Å²) >= 11 is 0. The van der Waals surface area contributed by atoms with Gasteiger partial charge in [0.15, 0.2) is 6.10 Å². The van der Waals surface area contributed by atoms with Gasteiger partial charge in [0.25, 0.3) is 0 Å². The third-order valence-corrected chi connectivity index (χ3v) is 10.1. The Bertz CT molecular complexity index is 1330. The fourth-order valence-electron chi connectivity index (χ4n) is 5.46. The van der Waals surface area contributed by atoms with Crippen molar-refractivity contribution < 1.29 is 52.3 Å². The summed E-state index contributed by atoms with van der Waals surface area (Å²) in [7, 11) is 1.30. The zero-order valence-corrected chi connectivity index (χ0v) is 38.8. The van der Waals surface area contributed by atoms with E-state index >= 15 is 0 Å². The van der Waals surface area contributed by atoms with Crippen molar-refractivity contribution in [2.45, 2.75) is 161 Å². The fourth-order valence-corrected chi connectivity index (χ4v) is 6.20. The number of hydrogen-bond donors (Lipinski definition) is 3. The Morgan fingerprint density at radius 3 is 1.80 bits per heavy atom. The molecule has 0 aromatic rings. The highest BCUT2D eigenvalue weighted by atomic mass is 31.2. The van der Waals surface area contributed by atoms with Crippen molar-refractivity contribution in [2.75, 3.05) is 47.5 Å². The maximum absolute atomic E-state index is 12.7. The van der Waals surface area contributed by atoms with Crippen LogP contribution in [0.5, 0.6) is 0 Å². The van der Waals surface area contributed by atoms with E-state index in [0.29, 0.717) is 43.1 Å². The highest BCUT2D eigenvalue weighted by Crippen LogP contribution is 2.43. The summed E-state index contributed by atoms with van der Waals surface area (Å²) in [4.78, 5) is 35.4. The molecular formula is C48H83NO10P+. The molecule has 0 bridgehead atoms. The third-order valence-electron chi connectivity index (χ3n) is 9.09. The molecule has 0 radical (unpaired) electrons. The molecule has 1 unspecified atom stereocenters. The number of rotatable bonds is 39. The maximum atomic E-state index is 12.7. The van der Waals surface area contributed by atoms with Crippen molar-refractivity contribution in [1.29, 1.82) is 0 Å². The van der Waals surface area contributed by atoms with E-state index in [0.717, 1.165) is 25.7 Å². The van der Waals surface area contributed by atoms with E-state index < -0.39 is 44.7 Å². The van der Waals surface area contributed by atoms with Gasteiger partial charge in [-0.2, -0.15) is 0 Å². The molecule has 0 saturated heterocycles. The van der Waals surface area contributed by atoms with Gasteiger partial charge in [0.05, 0.1) is 40.0 Å². The number of phosphoric acid groups is 1. The molecule has 0 aromatic carbocycles. The monoisotopic (exact) mass is 865 g/mol. The minimum Gasteiger partial charge on any atom is -0.462 e. The highest BCUT2D eigenvalue weighted by molar-refractivity contribution is 7.47. The van der Waals surface area contributed by atoms with Crippen molar-refractivity contribution in [1.82, 2.24) is 0 Å². The predicted octanol–water partition coefficient (Wildman–Crippen LogP) is 10.7. The number of nitrogens with zero attached hydrogens (tertiary/aromatic N) is 1. The molecule has 0 fully saturated rings. The van der Waals surface area contributed by atoms with E-state index in [1.165, 1.54) is 57.8 Å². The number of carbonyl (C=O) groups excluding carboxylic acids is 2. The lowest BCUT2D eigenvalue weighted by Crippen LogP contribution is -2.37. The number of hydrogen-bond acceptors (Lipinski definition) is 9. The van der Waals surface area contributed by atoms with Gasteiger partial charge in [-0.1, -0.05) is 144 Å². The van der Waals surface area contributed by atoms with Crippen LogP contribution in [-0.2, 0) is 32.7 Å². The summed E-state index contributed by atoms with van der Waals surface area (Å²) in [6.07, 6.45) is 42.7. The van der Waals surface area contributed by atoms with E-state index in [1.807, 2.05) is 33.3 Å². The van der Waals surface area contributed by atoms with Crippen molar-refractivity contribution in [3.63, 3.8) is 0 Å². The SMILES string of the molecule is CCCCC/C=C\C[C@@H](O)/C=C/C=C/C=C\[C@@H](O)CCCC(=O)OC[C@H](COP(=O)(O)OCC[N+](C)(C)C)OC(=O)CCC/C=C\C/C=C\C/C=C\CCCCCCCC. The molecule has 4 atom stereocenters. The average molecular weight is 865 g/mol. The molecule has 0 aliphatic heterocycles. The summed E-state index contributed by atoms with van der Waals surface area (Å²) in [5, 5.41) is 20.3. The first kappa shape index (κ1) is 57.1. The summed E-state index contributed by atoms with van der Waals surface area (Å²) in [5.74, 6) is -1.11. The van der Waals surface area contributed by atoms with E-state index in [1.54, 1.807) is 36.5 Å². The number of aliphatic hydroxyl groups excluding tert-OH is 2. The number of phosphoric ester groups is 1. The van der Waals surface area contributed by atoms with Gasteiger partial charge in [-0.15, -0.1) is 0 Å². The van der Waals surface area contributed by atoms with Gasteiger partial charge >= 0.3 is 19.8 Å². The largest absolute Gasteiger partial charge is 0.472 e. The van der Waals surface area contributed by atoms with E-state index in [-0.39, 0.29) is 26.1 Å². The first-order valence-corrected chi connectivity index (χ1v) is 24.0. The molecule has 0 saturated carbocycles. The summed E-state index contributed by atoms with van der Waals surface area (Å²) < 4.78 is 34.0. The van der Waals surface area contributed by atoms with Crippen LogP contribution in [-0.4, -0.2) is 97.3 Å². The number of quaternary nitrogens is 1. The quantitative estimate of drug-likeness (QED) is 0.0136. The summed E-state index contributed by atoms with van der Waals surface area (Å²) in [6, 6.07) is 0. The minimum atomic E-state index is -4.45. The number of allylic oxidation sites excluding steroid dienone is 11. The lowest BCUT2D eigenvalue weighted by atomic mass is 10.1. The fraction of sp³-hybridized carbons (Fsp3) is 0.667. The minimum absolute atomic E-state index is 0.0140. The zero-order chi connectivity index (χ0) is 44.6. The van der Waals surface area contributed by atoms with Gasteiger partial charge < -0.3 is 29.1 Å². The normalized spacial score (nSPS) is 15.4. The van der Waals surface area contributed by atoms with Crippen molar-refractivity contribution >= 4 is 19.8 Å². The van der Waals surface area contributed by atoms with Crippen molar-refractivity contribution in [3.8, 4) is 0 Å². The Hall–Kier alpha value is -2.89. The molecule has 0 rings (SSSR count). The van der Waals surface area contributed by atoms with Gasteiger partial charge in [0.1, 0.15) is 19.8 Å². The smallest absolute Gasteiger partial charge is 0.462 e. The van der Waals surface area contributed by atoms with E-state index in [2.05, 4.69) is 50.3 Å². The Morgan fingerprint density at radius 1 is 0.617 bits per heavy atom. The number of unbranched alkanes of at least 4 members (excludes halogenated alkanes) is 10. The van der Waals surface area contributed by atoms with Crippen LogP contribution >= 0.6 is 7.82 Å². The zero-order valence-electron chi connectivity index (χ0n) is 37.9. The first-order chi connectivity index (χ1) is 28.8. The number of esters is 2. The van der Waals surface area contributed by atoms with Crippen LogP contribution in [0.3, 0.4) is 0 Å². The molecule has 0 amide bonds. The maximum Gasteiger partial charge on any atom is 0.472 e. The lowest BCUT2D eigenvalue weighted by molar-refractivity contribution is -0.870. The second kappa shape index (κ2) is 39.0. The average Bonchev–Trinajstić information content (AvgIpc) is 3.19. The van der Waals surface area contributed by atoms with Crippen LogP contribution < -0.4 is 0 Å². The second-order valence-electron chi connectivity index (χ2n) is 16.1. The van der Waals surface area contributed by atoms with Crippen molar-refractivity contribution in [3.05, 3.63) is 85.1 Å². The molecular weight excluding hydrogens is 781 g/mol. The molecule has 344 valence electrons. The van der Waals surface area contributed by atoms with Gasteiger partial charge in [0, 0.05) is 12.8 Å². The number of carbonyl (C=O) groups is 2. The van der Waals surface area contributed by atoms with E-state index in [9.17, 15) is 29.3 Å². The molecule has 60 heavy (non-hydrogen) atoms. The Kier molecular flexibility index (Phi) is 37.1. The Morgan fingerprint density at radius 2 is 1.15 bits per heavy atom. The third kappa shape index (κ3) is 41.8. The van der Waals surface area contributed by atoms with Crippen molar-refractivity contribution in [2.24, 2.45) is 0 Å². The van der Waals surface area contributed by atoms with Crippen LogP contribution in [0.2, 0.25) is 0 Å². The molecule has 0 aromatic heterocycles. The number of aliphatic hydroxyl groups is 2. The lowest BCUT2D eigenvalue weighted by Gasteiger charge is -2.24. The Balaban J connectivity index is 4.70. The molecule has 11 nitrogen and oxygen atoms in total. The molecule has 12 heteroatoms. The van der Waals surface area contributed by atoms with Crippen LogP contribution in [0, 0.1) is 0 Å². The van der Waals surface area contributed by atoms with E-state index in [4.69, 9.17) is 18.5 Å².